The fraction of sp³-hybridized carbons (Fsp3) is 0.333. The first kappa shape index (κ1) is 14.3. The van der Waals surface area contributed by atoms with Gasteiger partial charge in [-0.3, -0.25) is 9.59 Å². The number of nitrogens with zero attached hydrogens (tertiary/aromatic N) is 1. The number of anilines is 1. The van der Waals surface area contributed by atoms with Gasteiger partial charge in [0.1, 0.15) is 0 Å². The number of carbonyl (C=O) groups is 2. The van der Waals surface area contributed by atoms with Crippen molar-refractivity contribution in [3.63, 3.8) is 0 Å². The highest BCUT2D eigenvalue weighted by Gasteiger charge is 2.11. The molecule has 0 aliphatic carbocycles. The quantitative estimate of drug-likeness (QED) is 0.805. The lowest BCUT2D eigenvalue weighted by Crippen LogP contribution is -2.30. The topological polar surface area (TPSA) is 75.4 Å². The molecule has 0 radical (unpaired) electrons. The van der Waals surface area contributed by atoms with Gasteiger partial charge >= 0.3 is 0 Å². The summed E-state index contributed by atoms with van der Waals surface area (Å²) in [6.45, 7) is 0.274. The molecule has 18 heavy (non-hydrogen) atoms. The fourth-order valence-corrected chi connectivity index (χ4v) is 1.59. The van der Waals surface area contributed by atoms with Crippen molar-refractivity contribution in [1.29, 1.82) is 0 Å². The van der Waals surface area contributed by atoms with Crippen LogP contribution in [0.1, 0.15) is 16.8 Å². The molecule has 3 N–H and O–H groups in total. The number of nitrogens with two attached hydrogens (primary N) is 1. The number of nitrogen functional groups attached to an aromatic ring is 1. The number of benzene rings is 1. The lowest BCUT2D eigenvalue weighted by atomic mass is 10.2. The molecule has 0 saturated carbocycles. The zero-order chi connectivity index (χ0) is 13.7. The number of hydrogen-bond acceptors (Lipinski definition) is 3. The van der Waals surface area contributed by atoms with Crippen LogP contribution in [-0.4, -0.2) is 37.4 Å². The molecule has 0 aliphatic heterocycles. The molecule has 0 atom stereocenters. The molecule has 0 heterocycles. The van der Waals surface area contributed by atoms with Gasteiger partial charge in [0, 0.05) is 32.7 Å². The number of halogens is 1. The normalized spacial score (nSPS) is 9.94. The first-order valence-corrected chi connectivity index (χ1v) is 5.83. The van der Waals surface area contributed by atoms with Crippen LogP contribution < -0.4 is 11.1 Å². The Balaban J connectivity index is 2.53. The summed E-state index contributed by atoms with van der Waals surface area (Å²) in [6, 6.07) is 4.67. The minimum absolute atomic E-state index is 0.0429. The monoisotopic (exact) mass is 269 g/mol. The minimum Gasteiger partial charge on any atom is -0.399 e. The van der Waals surface area contributed by atoms with Crippen molar-refractivity contribution >= 4 is 29.1 Å². The van der Waals surface area contributed by atoms with Gasteiger partial charge in [-0.25, -0.2) is 0 Å². The summed E-state index contributed by atoms with van der Waals surface area (Å²) in [5.74, 6) is -0.356. The Hall–Kier alpha value is -1.75. The molecule has 1 rings (SSSR count). The molecular formula is C12H16ClN3O2. The van der Waals surface area contributed by atoms with Gasteiger partial charge < -0.3 is 16.0 Å². The molecule has 5 nitrogen and oxygen atoms in total. The molecule has 0 fully saturated rings. The third-order valence-corrected chi connectivity index (χ3v) is 2.67. The average molecular weight is 270 g/mol. The SMILES string of the molecule is CN(C)C(=O)CCNC(=O)c1ccc(N)cc1Cl. The standard InChI is InChI=1S/C12H16ClN3O2/c1-16(2)11(17)5-6-15-12(18)9-4-3-8(14)7-10(9)13/h3-4,7H,5-6,14H2,1-2H3,(H,15,18). The second kappa shape index (κ2) is 6.26. The van der Waals surface area contributed by atoms with E-state index in [1.54, 1.807) is 26.2 Å². The average Bonchev–Trinajstić information content (AvgIpc) is 2.28. The summed E-state index contributed by atoms with van der Waals surface area (Å²) in [6.07, 6.45) is 0.255. The smallest absolute Gasteiger partial charge is 0.252 e. The van der Waals surface area contributed by atoms with E-state index in [1.165, 1.54) is 11.0 Å². The van der Waals surface area contributed by atoms with Gasteiger partial charge in [-0.15, -0.1) is 0 Å². The van der Waals surface area contributed by atoms with Crippen LogP contribution in [0.5, 0.6) is 0 Å². The molecule has 1 aromatic carbocycles. The molecule has 2 amide bonds. The van der Waals surface area contributed by atoms with E-state index in [0.717, 1.165) is 0 Å². The summed E-state index contributed by atoms with van der Waals surface area (Å²) in [4.78, 5) is 24.5. The van der Waals surface area contributed by atoms with E-state index in [2.05, 4.69) is 5.32 Å². The maximum absolute atomic E-state index is 11.8. The largest absolute Gasteiger partial charge is 0.399 e. The lowest BCUT2D eigenvalue weighted by molar-refractivity contribution is -0.128. The van der Waals surface area contributed by atoms with Crippen molar-refractivity contribution in [3.05, 3.63) is 28.8 Å². The molecule has 0 aliphatic rings. The van der Waals surface area contributed by atoms with E-state index in [0.29, 0.717) is 16.3 Å². The Bertz CT molecular complexity index is 461. The lowest BCUT2D eigenvalue weighted by Gasteiger charge is -2.11. The number of carbonyl (C=O) groups excluding carboxylic acids is 2. The number of hydrogen-bond donors (Lipinski definition) is 2. The molecular weight excluding hydrogens is 254 g/mol. The van der Waals surface area contributed by atoms with Crippen molar-refractivity contribution in [1.82, 2.24) is 10.2 Å². The Morgan fingerprint density at radius 1 is 1.39 bits per heavy atom. The van der Waals surface area contributed by atoms with Gasteiger partial charge in [-0.2, -0.15) is 0 Å². The second-order valence-electron chi connectivity index (χ2n) is 4.03. The molecule has 98 valence electrons. The van der Waals surface area contributed by atoms with Crippen molar-refractivity contribution in [3.8, 4) is 0 Å². The minimum atomic E-state index is -0.313. The van der Waals surface area contributed by atoms with Crippen LogP contribution in [0.15, 0.2) is 18.2 Å². The highest BCUT2D eigenvalue weighted by Crippen LogP contribution is 2.18. The zero-order valence-electron chi connectivity index (χ0n) is 10.4. The van der Waals surface area contributed by atoms with Crippen LogP contribution in [0.25, 0.3) is 0 Å². The Morgan fingerprint density at radius 2 is 2.06 bits per heavy atom. The number of rotatable bonds is 4. The molecule has 0 aromatic heterocycles. The fourth-order valence-electron chi connectivity index (χ4n) is 1.32. The van der Waals surface area contributed by atoms with Gasteiger partial charge in [0.25, 0.3) is 5.91 Å². The second-order valence-corrected chi connectivity index (χ2v) is 4.44. The van der Waals surface area contributed by atoms with Crippen molar-refractivity contribution in [2.24, 2.45) is 0 Å². The van der Waals surface area contributed by atoms with Crippen molar-refractivity contribution in [2.75, 3.05) is 26.4 Å². The Morgan fingerprint density at radius 3 is 2.61 bits per heavy atom. The van der Waals surface area contributed by atoms with Crippen molar-refractivity contribution < 1.29 is 9.59 Å². The van der Waals surface area contributed by atoms with Gasteiger partial charge in [0.05, 0.1) is 10.6 Å². The predicted molar refractivity (Wildman–Crippen MR) is 71.5 cm³/mol. The first-order valence-electron chi connectivity index (χ1n) is 5.45. The summed E-state index contributed by atoms with van der Waals surface area (Å²) < 4.78 is 0. The Labute approximate surface area is 111 Å². The van der Waals surface area contributed by atoms with E-state index >= 15 is 0 Å². The molecule has 0 bridgehead atoms. The van der Waals surface area contributed by atoms with E-state index in [9.17, 15) is 9.59 Å². The highest BCUT2D eigenvalue weighted by atomic mass is 35.5. The van der Waals surface area contributed by atoms with Crippen LogP contribution >= 0.6 is 11.6 Å². The van der Waals surface area contributed by atoms with Crippen LogP contribution in [0, 0.1) is 0 Å². The summed E-state index contributed by atoms with van der Waals surface area (Å²) in [5, 5.41) is 2.93. The van der Waals surface area contributed by atoms with E-state index in [-0.39, 0.29) is 24.8 Å². The van der Waals surface area contributed by atoms with Crippen LogP contribution in [0.4, 0.5) is 5.69 Å². The molecule has 1 aromatic rings. The maximum Gasteiger partial charge on any atom is 0.252 e. The predicted octanol–water partition coefficient (Wildman–Crippen LogP) is 1.13. The summed E-state index contributed by atoms with van der Waals surface area (Å²) >= 11 is 5.90. The maximum atomic E-state index is 11.8. The van der Waals surface area contributed by atoms with Crippen LogP contribution in [0.3, 0.4) is 0 Å². The zero-order valence-corrected chi connectivity index (χ0v) is 11.1. The van der Waals surface area contributed by atoms with Crippen LogP contribution in [-0.2, 0) is 4.79 Å². The first-order chi connectivity index (χ1) is 8.41. The van der Waals surface area contributed by atoms with Gasteiger partial charge in [-0.05, 0) is 18.2 Å². The van der Waals surface area contributed by atoms with E-state index in [1.807, 2.05) is 0 Å². The number of nitrogens with one attached hydrogen (secondary N) is 1. The van der Waals surface area contributed by atoms with Gasteiger partial charge in [-0.1, -0.05) is 11.6 Å². The van der Waals surface area contributed by atoms with Gasteiger partial charge in [0.15, 0.2) is 0 Å². The number of amides is 2. The van der Waals surface area contributed by atoms with E-state index in [4.69, 9.17) is 17.3 Å². The van der Waals surface area contributed by atoms with Gasteiger partial charge in [0.2, 0.25) is 5.91 Å². The molecule has 0 spiro atoms. The van der Waals surface area contributed by atoms with E-state index < -0.39 is 0 Å². The Kier molecular flexibility index (Phi) is 4.97. The molecule has 0 unspecified atom stereocenters. The third-order valence-electron chi connectivity index (χ3n) is 2.36. The molecule has 6 heteroatoms. The summed E-state index contributed by atoms with van der Waals surface area (Å²) in [5.41, 5.74) is 6.38. The van der Waals surface area contributed by atoms with Crippen LogP contribution in [0.2, 0.25) is 5.02 Å². The summed E-state index contributed by atoms with van der Waals surface area (Å²) in [7, 11) is 3.34. The third kappa shape index (κ3) is 3.92. The highest BCUT2D eigenvalue weighted by molar-refractivity contribution is 6.34. The van der Waals surface area contributed by atoms with Crippen molar-refractivity contribution in [2.45, 2.75) is 6.42 Å². The molecule has 0 saturated heterocycles.